The van der Waals surface area contributed by atoms with E-state index in [4.69, 9.17) is 18.9 Å². The maximum Gasteiger partial charge on any atom is 0.303 e. The minimum atomic E-state index is -2.07. The van der Waals surface area contributed by atoms with Crippen LogP contribution in [0.25, 0.3) is 0 Å². The standard InChI is InChI=1S/C26H34O9/c1-13-17-6-7-18-24-12-33-26(31,25(18,10-17)21(13)30)22(35-16(4)29)20(24)23(5,11-32-14(2)27)9-8-19(24)34-15(3)28/h17-20,22,31H,1,6-12H2,2-5H3/t17-,18-,19+,20+,22-,23+,24+,25-,26-/m0/s1. The number of ether oxygens (including phenoxy) is 4. The molecule has 1 N–H and O–H groups in total. The number of carbonyl (C=O) groups excluding carboxylic acids is 4. The number of hydrogen-bond acceptors (Lipinski definition) is 9. The average Bonchev–Trinajstić information content (AvgIpc) is 2.96. The third-order valence-electron chi connectivity index (χ3n) is 9.79. The lowest BCUT2D eigenvalue weighted by molar-refractivity contribution is -0.449. The lowest BCUT2D eigenvalue weighted by Gasteiger charge is -2.74. The average molecular weight is 491 g/mol. The summed E-state index contributed by atoms with van der Waals surface area (Å²) >= 11 is 0. The van der Waals surface area contributed by atoms with E-state index in [1.165, 1.54) is 20.8 Å². The lowest BCUT2D eigenvalue weighted by atomic mass is 9.36. The van der Waals surface area contributed by atoms with Crippen molar-refractivity contribution in [1.82, 2.24) is 0 Å². The van der Waals surface area contributed by atoms with E-state index in [0.29, 0.717) is 31.3 Å². The Balaban J connectivity index is 1.75. The van der Waals surface area contributed by atoms with Gasteiger partial charge < -0.3 is 24.1 Å². The van der Waals surface area contributed by atoms with Crippen LogP contribution in [-0.4, -0.2) is 60.0 Å². The van der Waals surface area contributed by atoms with Crippen LogP contribution in [-0.2, 0) is 38.1 Å². The van der Waals surface area contributed by atoms with E-state index in [1.54, 1.807) is 0 Å². The van der Waals surface area contributed by atoms with Crippen LogP contribution in [0.2, 0.25) is 0 Å². The van der Waals surface area contributed by atoms with Gasteiger partial charge in [-0.1, -0.05) is 13.5 Å². The number of hydrogen-bond donors (Lipinski definition) is 1. The van der Waals surface area contributed by atoms with Crippen molar-refractivity contribution in [2.45, 2.75) is 77.8 Å². The van der Waals surface area contributed by atoms with Crippen LogP contribution in [0.3, 0.4) is 0 Å². The first-order chi connectivity index (χ1) is 16.3. The van der Waals surface area contributed by atoms with Gasteiger partial charge in [-0.3, -0.25) is 19.2 Å². The molecule has 2 heterocycles. The summed E-state index contributed by atoms with van der Waals surface area (Å²) in [7, 11) is 0. The van der Waals surface area contributed by atoms with Gasteiger partial charge in [-0.15, -0.1) is 0 Å². The van der Waals surface area contributed by atoms with Gasteiger partial charge in [0.25, 0.3) is 0 Å². The second kappa shape index (κ2) is 7.62. The minimum Gasteiger partial charge on any atom is -0.465 e. The molecule has 9 atom stereocenters. The van der Waals surface area contributed by atoms with E-state index in [9.17, 15) is 24.3 Å². The fourth-order valence-electron chi connectivity index (χ4n) is 8.71. The van der Waals surface area contributed by atoms with Gasteiger partial charge in [0.05, 0.1) is 18.6 Å². The molecule has 0 radical (unpaired) electrons. The predicted molar refractivity (Wildman–Crippen MR) is 119 cm³/mol. The third-order valence-corrected chi connectivity index (χ3v) is 9.79. The van der Waals surface area contributed by atoms with Crippen LogP contribution in [0.15, 0.2) is 12.2 Å². The first-order valence-corrected chi connectivity index (χ1v) is 12.4. The number of allylic oxidation sites excluding steroid dienone is 1. The molecule has 6 aliphatic rings. The lowest BCUT2D eigenvalue weighted by Crippen LogP contribution is -2.84. The fourth-order valence-corrected chi connectivity index (χ4v) is 8.71. The highest BCUT2D eigenvalue weighted by atomic mass is 16.7. The SMILES string of the molecule is C=C1C(=O)[C@]23C[C@@H]1CC[C@H]2[C@@]12CO[C@@]3(O)[C@@H](OC(C)=O)[C@@H]1[C@@](C)(COC(C)=O)CC[C@H]2OC(C)=O. The van der Waals surface area contributed by atoms with Crippen LogP contribution in [0, 0.1) is 34.0 Å². The molecule has 6 rings (SSSR count). The Hall–Kier alpha value is -2.26. The van der Waals surface area contributed by atoms with Gasteiger partial charge in [-0.05, 0) is 49.5 Å². The molecule has 2 spiro atoms. The van der Waals surface area contributed by atoms with Gasteiger partial charge in [0, 0.05) is 37.5 Å². The molecule has 0 unspecified atom stereocenters. The second-order valence-electron chi connectivity index (χ2n) is 11.5. The number of ketones is 1. The van der Waals surface area contributed by atoms with Crippen molar-refractivity contribution in [3.05, 3.63) is 12.2 Å². The number of Topliss-reactive ketones (excluding diaryl/α,β-unsaturated/α-hetero) is 1. The summed E-state index contributed by atoms with van der Waals surface area (Å²) in [5.41, 5.74) is -2.53. The zero-order valence-corrected chi connectivity index (χ0v) is 20.8. The zero-order valence-electron chi connectivity index (χ0n) is 20.8. The number of esters is 3. The summed E-state index contributed by atoms with van der Waals surface area (Å²) < 4.78 is 23.4. The van der Waals surface area contributed by atoms with Crippen LogP contribution in [0.5, 0.6) is 0 Å². The van der Waals surface area contributed by atoms with Crippen LogP contribution in [0.1, 0.15) is 59.8 Å². The van der Waals surface area contributed by atoms with Crippen LogP contribution in [0.4, 0.5) is 0 Å². The normalized spacial score (nSPS) is 47.5. The summed E-state index contributed by atoms with van der Waals surface area (Å²) in [6, 6.07) is 0. The molecule has 4 saturated carbocycles. The summed E-state index contributed by atoms with van der Waals surface area (Å²) in [4.78, 5) is 50.3. The van der Waals surface area contributed by atoms with Gasteiger partial charge in [-0.2, -0.15) is 0 Å². The highest BCUT2D eigenvalue weighted by Gasteiger charge is 2.86. The molecule has 0 aromatic carbocycles. The molecule has 0 amide bonds. The molecular weight excluding hydrogens is 456 g/mol. The largest absolute Gasteiger partial charge is 0.465 e. The molecule has 0 aromatic heterocycles. The van der Waals surface area contributed by atoms with Gasteiger partial charge in [-0.25, -0.2) is 0 Å². The highest BCUT2D eigenvalue weighted by Crippen LogP contribution is 2.77. The topological polar surface area (TPSA) is 125 Å². The van der Waals surface area contributed by atoms with Crippen molar-refractivity contribution in [1.29, 1.82) is 0 Å². The summed E-state index contributed by atoms with van der Waals surface area (Å²) in [6.07, 6.45) is 0.843. The monoisotopic (exact) mass is 490 g/mol. The number of carbonyl (C=O) groups is 4. The maximum atomic E-state index is 13.9. The first kappa shape index (κ1) is 24.4. The van der Waals surface area contributed by atoms with Gasteiger partial charge >= 0.3 is 17.9 Å². The summed E-state index contributed by atoms with van der Waals surface area (Å²) in [5.74, 6) is -4.88. The minimum absolute atomic E-state index is 0.0381. The first-order valence-electron chi connectivity index (χ1n) is 12.4. The van der Waals surface area contributed by atoms with Crippen LogP contribution < -0.4 is 0 Å². The summed E-state index contributed by atoms with van der Waals surface area (Å²) in [5, 5.41) is 12.3. The molecule has 35 heavy (non-hydrogen) atoms. The molecule has 4 bridgehead atoms. The molecule has 6 fully saturated rings. The second-order valence-corrected chi connectivity index (χ2v) is 11.5. The Morgan fingerprint density at radius 3 is 2.40 bits per heavy atom. The Labute approximate surface area is 204 Å². The van der Waals surface area contributed by atoms with Crippen LogP contribution >= 0.6 is 0 Å². The Morgan fingerprint density at radius 1 is 1.09 bits per heavy atom. The molecule has 4 aliphatic carbocycles. The highest BCUT2D eigenvalue weighted by molar-refractivity contribution is 6.04. The van der Waals surface area contributed by atoms with E-state index < -0.39 is 58.1 Å². The van der Waals surface area contributed by atoms with Crippen molar-refractivity contribution in [2.24, 2.45) is 34.0 Å². The van der Waals surface area contributed by atoms with Gasteiger partial charge in [0.15, 0.2) is 11.9 Å². The number of fused-ring (bicyclic) bond motifs is 2. The van der Waals surface area contributed by atoms with Crippen molar-refractivity contribution in [3.8, 4) is 0 Å². The Morgan fingerprint density at radius 2 is 1.77 bits per heavy atom. The number of aliphatic hydroxyl groups is 1. The van der Waals surface area contributed by atoms with Gasteiger partial charge in [0.2, 0.25) is 5.79 Å². The Bertz CT molecular complexity index is 1020. The molecule has 2 saturated heterocycles. The van der Waals surface area contributed by atoms with Crippen molar-refractivity contribution < 1.29 is 43.2 Å². The summed E-state index contributed by atoms with van der Waals surface area (Å²) in [6.45, 7) is 10.00. The molecule has 9 nitrogen and oxygen atoms in total. The van der Waals surface area contributed by atoms with E-state index in [1.807, 2.05) is 6.92 Å². The predicted octanol–water partition coefficient (Wildman–Crippen LogP) is 2.09. The molecule has 2 aliphatic heterocycles. The zero-order chi connectivity index (χ0) is 25.6. The Kier molecular flexibility index (Phi) is 5.32. The third kappa shape index (κ3) is 2.94. The van der Waals surface area contributed by atoms with E-state index in [-0.39, 0.29) is 30.8 Å². The maximum absolute atomic E-state index is 13.9. The van der Waals surface area contributed by atoms with Crippen molar-refractivity contribution in [2.75, 3.05) is 13.2 Å². The molecular formula is C26H34O9. The smallest absolute Gasteiger partial charge is 0.303 e. The van der Waals surface area contributed by atoms with Gasteiger partial charge in [0.1, 0.15) is 6.10 Å². The van der Waals surface area contributed by atoms with E-state index in [0.717, 1.165) is 6.42 Å². The van der Waals surface area contributed by atoms with E-state index in [2.05, 4.69) is 6.58 Å². The molecule has 192 valence electrons. The molecule has 9 heteroatoms. The molecule has 0 aromatic rings. The fraction of sp³-hybridized carbons (Fsp3) is 0.769. The van der Waals surface area contributed by atoms with E-state index >= 15 is 0 Å². The number of rotatable bonds is 4. The quantitative estimate of drug-likeness (QED) is 0.358. The van der Waals surface area contributed by atoms with Crippen molar-refractivity contribution in [3.63, 3.8) is 0 Å². The van der Waals surface area contributed by atoms with Crippen molar-refractivity contribution >= 4 is 23.7 Å².